The van der Waals surface area contributed by atoms with Crippen LogP contribution in [0.3, 0.4) is 0 Å². The monoisotopic (exact) mass is 580 g/mol. The number of rotatable bonds is 8. The molecule has 0 heterocycles. The second-order valence-corrected chi connectivity index (χ2v) is 11.6. The molecule has 3 atom stereocenters. The lowest BCUT2D eigenvalue weighted by molar-refractivity contribution is -0.146. The second kappa shape index (κ2) is 11.6. The van der Waals surface area contributed by atoms with Crippen LogP contribution in [0, 0.1) is 16.7 Å². The summed E-state index contributed by atoms with van der Waals surface area (Å²) in [6, 6.07) is 8.74. The molecule has 0 aliphatic heterocycles. The highest BCUT2D eigenvalue weighted by molar-refractivity contribution is 6.42. The van der Waals surface area contributed by atoms with E-state index >= 15 is 0 Å². The number of esters is 1. The molecule has 1 saturated carbocycles. The summed E-state index contributed by atoms with van der Waals surface area (Å²) in [5, 5.41) is 6.14. The zero-order chi connectivity index (χ0) is 28.4. The molecule has 10 heteroatoms. The van der Waals surface area contributed by atoms with Crippen molar-refractivity contribution in [3.8, 4) is 0 Å². The first kappa shape index (κ1) is 29.9. The summed E-state index contributed by atoms with van der Waals surface area (Å²) in [4.78, 5) is 50.8. The van der Waals surface area contributed by atoms with Gasteiger partial charge in [0, 0.05) is 28.5 Å². The highest BCUT2D eigenvalue weighted by Crippen LogP contribution is 2.56. The normalized spacial score (nSPS) is 20.9. The fourth-order valence-electron chi connectivity index (χ4n) is 5.11. The Kier molecular flexibility index (Phi) is 9.17. The summed E-state index contributed by atoms with van der Waals surface area (Å²) < 4.78 is 4.94. The third-order valence-corrected chi connectivity index (χ3v) is 8.82. The van der Waals surface area contributed by atoms with Crippen LogP contribution in [0.4, 0.5) is 5.69 Å². The maximum absolute atomic E-state index is 13.3. The van der Waals surface area contributed by atoms with E-state index in [1.807, 2.05) is 20.8 Å². The topological polar surface area (TPSA) is 102 Å². The Hall–Kier alpha value is -2.61. The first-order valence-electron chi connectivity index (χ1n) is 12.2. The molecule has 2 aromatic carbocycles. The number of nitrogens with one attached hydrogen (secondary N) is 2. The third-order valence-electron chi connectivity index (χ3n) is 8.01. The SMILES string of the molecule is COC(=O)[C@H](Cc1ccc(NC(=O)c2c(Cl)cc(Cl)cc2Cl)cc1)NC(=O)[C@H]1CC[C@@](C)(C(C)=O)C1(C)C. The van der Waals surface area contributed by atoms with E-state index in [1.54, 1.807) is 31.2 Å². The fraction of sp³-hybridized carbons (Fsp3) is 0.429. The lowest BCUT2D eigenvalue weighted by atomic mass is 9.63. The highest BCUT2D eigenvalue weighted by Gasteiger charge is 2.56. The number of benzene rings is 2. The van der Waals surface area contributed by atoms with Crippen LogP contribution in [0.2, 0.25) is 15.1 Å². The number of Topliss-reactive ketones (excluding diaryl/α,β-unsaturated/α-hetero) is 1. The molecule has 2 aromatic rings. The average Bonchev–Trinajstić information content (AvgIpc) is 3.08. The van der Waals surface area contributed by atoms with E-state index in [0.717, 1.165) is 5.56 Å². The lowest BCUT2D eigenvalue weighted by Gasteiger charge is -2.39. The smallest absolute Gasteiger partial charge is 0.328 e. The van der Waals surface area contributed by atoms with Gasteiger partial charge in [0.05, 0.1) is 22.7 Å². The summed E-state index contributed by atoms with van der Waals surface area (Å²) in [5.41, 5.74) is 0.137. The van der Waals surface area contributed by atoms with Gasteiger partial charge in [0.25, 0.3) is 5.91 Å². The van der Waals surface area contributed by atoms with Crippen LogP contribution in [0.25, 0.3) is 0 Å². The maximum atomic E-state index is 13.3. The van der Waals surface area contributed by atoms with Crippen LogP contribution in [-0.4, -0.2) is 36.7 Å². The Morgan fingerprint density at radius 3 is 2.11 bits per heavy atom. The number of ether oxygens (including phenoxy) is 1. The minimum Gasteiger partial charge on any atom is -0.467 e. The van der Waals surface area contributed by atoms with Gasteiger partial charge in [-0.05, 0) is 55.0 Å². The van der Waals surface area contributed by atoms with Crippen molar-refractivity contribution in [3.63, 3.8) is 0 Å². The van der Waals surface area contributed by atoms with Gasteiger partial charge in [0.15, 0.2) is 0 Å². The first-order valence-corrected chi connectivity index (χ1v) is 13.3. The standard InChI is InChI=1S/C28H31Cl3N2O5/c1-15(34)28(4)11-10-19(27(28,2)3)24(35)33-22(26(37)38-5)12-16-6-8-18(9-7-16)32-25(36)23-20(30)13-17(29)14-21(23)31/h6-9,13-14,19,22H,10-12H2,1-5H3,(H,32,36)(H,33,35)/t19-,22+,28+/m1/s1. The van der Waals surface area contributed by atoms with Crippen molar-refractivity contribution in [2.24, 2.45) is 16.7 Å². The predicted octanol–water partition coefficient (Wildman–Crippen LogP) is 6.13. The van der Waals surface area contributed by atoms with Gasteiger partial charge in [0.1, 0.15) is 11.8 Å². The number of carbonyl (C=O) groups excluding carboxylic acids is 4. The number of hydrogen-bond acceptors (Lipinski definition) is 5. The lowest BCUT2D eigenvalue weighted by Crippen LogP contribution is -2.49. The molecular weight excluding hydrogens is 551 g/mol. The van der Waals surface area contributed by atoms with Gasteiger partial charge in [-0.2, -0.15) is 0 Å². The van der Waals surface area contributed by atoms with Gasteiger partial charge >= 0.3 is 5.97 Å². The molecule has 1 aliphatic rings. The van der Waals surface area contributed by atoms with Gasteiger partial charge in [-0.15, -0.1) is 0 Å². The molecule has 1 fully saturated rings. The quantitative estimate of drug-likeness (QED) is 0.365. The largest absolute Gasteiger partial charge is 0.467 e. The number of halogens is 3. The maximum Gasteiger partial charge on any atom is 0.328 e. The summed E-state index contributed by atoms with van der Waals surface area (Å²) in [7, 11) is 1.26. The molecular formula is C28H31Cl3N2O5. The summed E-state index contributed by atoms with van der Waals surface area (Å²) >= 11 is 18.2. The molecule has 0 saturated heterocycles. The number of methoxy groups -OCH3 is 1. The molecule has 0 unspecified atom stereocenters. The molecule has 0 bridgehead atoms. The van der Waals surface area contributed by atoms with Crippen molar-refractivity contribution in [3.05, 3.63) is 62.6 Å². The minimum absolute atomic E-state index is 0.0510. The molecule has 2 amide bonds. The molecule has 0 spiro atoms. The number of amides is 2. The van der Waals surface area contributed by atoms with Gasteiger partial charge in [-0.1, -0.05) is 67.7 Å². The van der Waals surface area contributed by atoms with E-state index in [1.165, 1.54) is 19.2 Å². The van der Waals surface area contributed by atoms with Gasteiger partial charge < -0.3 is 15.4 Å². The molecule has 0 aromatic heterocycles. The Morgan fingerprint density at radius 2 is 1.61 bits per heavy atom. The van der Waals surface area contributed by atoms with Crippen molar-refractivity contribution in [1.29, 1.82) is 0 Å². The summed E-state index contributed by atoms with van der Waals surface area (Å²) in [5.74, 6) is -1.73. The van der Waals surface area contributed by atoms with Crippen molar-refractivity contribution in [1.82, 2.24) is 5.32 Å². The van der Waals surface area contributed by atoms with Crippen LogP contribution >= 0.6 is 34.8 Å². The average molecular weight is 582 g/mol. The fourth-order valence-corrected chi connectivity index (χ4v) is 6.10. The van der Waals surface area contributed by atoms with Crippen LogP contribution in [-0.2, 0) is 25.5 Å². The van der Waals surface area contributed by atoms with Crippen molar-refractivity contribution < 1.29 is 23.9 Å². The summed E-state index contributed by atoms with van der Waals surface area (Å²) in [6.07, 6.45) is 1.34. The van der Waals surface area contributed by atoms with Gasteiger partial charge in [-0.3, -0.25) is 14.4 Å². The Labute approximate surface area is 237 Å². The zero-order valence-corrected chi connectivity index (χ0v) is 24.2. The molecule has 38 heavy (non-hydrogen) atoms. The Morgan fingerprint density at radius 1 is 1.03 bits per heavy atom. The minimum atomic E-state index is -0.917. The molecule has 2 N–H and O–H groups in total. The van der Waals surface area contributed by atoms with Crippen LogP contribution < -0.4 is 10.6 Å². The number of carbonyl (C=O) groups is 4. The van der Waals surface area contributed by atoms with Crippen molar-refractivity contribution in [2.45, 2.75) is 53.0 Å². The molecule has 7 nitrogen and oxygen atoms in total. The Bertz CT molecular complexity index is 1240. The highest BCUT2D eigenvalue weighted by atomic mass is 35.5. The van der Waals surface area contributed by atoms with Crippen molar-refractivity contribution in [2.75, 3.05) is 12.4 Å². The third kappa shape index (κ3) is 6.00. The van der Waals surface area contributed by atoms with E-state index in [0.29, 0.717) is 23.6 Å². The van der Waals surface area contributed by atoms with E-state index in [-0.39, 0.29) is 33.7 Å². The van der Waals surface area contributed by atoms with E-state index in [4.69, 9.17) is 39.5 Å². The van der Waals surface area contributed by atoms with E-state index in [2.05, 4.69) is 10.6 Å². The van der Waals surface area contributed by atoms with Crippen LogP contribution in [0.1, 0.15) is 56.5 Å². The molecule has 204 valence electrons. The van der Waals surface area contributed by atoms with Crippen LogP contribution in [0.5, 0.6) is 0 Å². The van der Waals surface area contributed by atoms with Gasteiger partial charge in [0.2, 0.25) is 5.91 Å². The van der Waals surface area contributed by atoms with E-state index in [9.17, 15) is 19.2 Å². The summed E-state index contributed by atoms with van der Waals surface area (Å²) in [6.45, 7) is 7.31. The zero-order valence-electron chi connectivity index (χ0n) is 21.9. The molecule has 3 rings (SSSR count). The second-order valence-electron chi connectivity index (χ2n) is 10.4. The Balaban J connectivity index is 1.71. The van der Waals surface area contributed by atoms with Crippen LogP contribution in [0.15, 0.2) is 36.4 Å². The van der Waals surface area contributed by atoms with E-state index < -0.39 is 34.7 Å². The molecule has 0 radical (unpaired) electrons. The molecule has 1 aliphatic carbocycles. The van der Waals surface area contributed by atoms with Gasteiger partial charge in [-0.25, -0.2) is 4.79 Å². The number of ketones is 1. The first-order chi connectivity index (χ1) is 17.7. The predicted molar refractivity (Wildman–Crippen MR) is 149 cm³/mol. The number of hydrogen-bond donors (Lipinski definition) is 2. The van der Waals surface area contributed by atoms with Crippen molar-refractivity contribution >= 4 is 64.1 Å². The number of anilines is 1.